The topological polar surface area (TPSA) is 80.3 Å². The summed E-state index contributed by atoms with van der Waals surface area (Å²) in [7, 11) is 1.61. The van der Waals surface area contributed by atoms with E-state index in [2.05, 4.69) is 15.6 Å². The first-order chi connectivity index (χ1) is 11.7. The number of rotatable bonds is 8. The molecule has 1 aromatic carbocycles. The van der Waals surface area contributed by atoms with E-state index in [1.54, 1.807) is 25.4 Å². The van der Waals surface area contributed by atoms with E-state index in [-0.39, 0.29) is 11.8 Å². The Kier molecular flexibility index (Phi) is 6.76. The fourth-order valence-electron chi connectivity index (χ4n) is 2.11. The van der Waals surface area contributed by atoms with E-state index >= 15 is 0 Å². The molecule has 2 rings (SSSR count). The molecule has 0 saturated carbocycles. The molecule has 2 amide bonds. The highest BCUT2D eigenvalue weighted by atomic mass is 16.5. The summed E-state index contributed by atoms with van der Waals surface area (Å²) in [5.74, 6) is 0.565. The minimum atomic E-state index is -0.160. The van der Waals surface area contributed by atoms with Gasteiger partial charge in [-0.2, -0.15) is 0 Å². The van der Waals surface area contributed by atoms with Gasteiger partial charge in [0.1, 0.15) is 5.75 Å². The molecular weight excluding hydrogens is 306 g/mol. The monoisotopic (exact) mass is 327 g/mol. The Morgan fingerprint density at radius 2 is 1.83 bits per heavy atom. The number of pyridine rings is 1. The van der Waals surface area contributed by atoms with Crippen molar-refractivity contribution in [1.82, 2.24) is 15.6 Å². The zero-order valence-corrected chi connectivity index (χ0v) is 13.6. The first-order valence-electron chi connectivity index (χ1n) is 7.77. The smallest absolute Gasteiger partial charge is 0.252 e. The van der Waals surface area contributed by atoms with Crippen LogP contribution in [0.1, 0.15) is 22.3 Å². The summed E-state index contributed by atoms with van der Waals surface area (Å²) >= 11 is 0. The lowest BCUT2D eigenvalue weighted by molar-refractivity contribution is -0.120. The highest BCUT2D eigenvalue weighted by molar-refractivity contribution is 5.93. The van der Waals surface area contributed by atoms with Crippen LogP contribution in [0, 0.1) is 0 Å². The Bertz CT molecular complexity index is 657. The standard InChI is InChI=1S/C18H21N3O3/c1-24-16-7-5-14(6-8-16)12-17(22)20-10-3-11-21-18(23)15-4-2-9-19-13-15/h2,4-9,13H,3,10-12H2,1H3,(H,20,22)(H,21,23). The van der Waals surface area contributed by atoms with Crippen LogP contribution in [0.4, 0.5) is 0 Å². The van der Waals surface area contributed by atoms with Gasteiger partial charge in [0, 0.05) is 25.5 Å². The average Bonchev–Trinajstić information content (AvgIpc) is 2.62. The van der Waals surface area contributed by atoms with Crippen LogP contribution < -0.4 is 15.4 Å². The maximum atomic E-state index is 11.8. The molecule has 0 aliphatic carbocycles. The summed E-state index contributed by atoms with van der Waals surface area (Å²) in [6.07, 6.45) is 4.13. The molecule has 0 radical (unpaired) electrons. The number of carbonyl (C=O) groups is 2. The van der Waals surface area contributed by atoms with Crippen molar-refractivity contribution in [3.63, 3.8) is 0 Å². The lowest BCUT2D eigenvalue weighted by Crippen LogP contribution is -2.30. The maximum absolute atomic E-state index is 11.8. The summed E-state index contributed by atoms with van der Waals surface area (Å²) in [5, 5.41) is 5.63. The van der Waals surface area contributed by atoms with Gasteiger partial charge in [0.25, 0.3) is 5.91 Å². The first-order valence-corrected chi connectivity index (χ1v) is 7.77. The second kappa shape index (κ2) is 9.29. The number of hydrogen-bond donors (Lipinski definition) is 2. The molecular formula is C18H21N3O3. The van der Waals surface area contributed by atoms with Crippen molar-refractivity contribution >= 4 is 11.8 Å². The lowest BCUT2D eigenvalue weighted by atomic mass is 10.1. The Hall–Kier alpha value is -2.89. The number of hydrogen-bond acceptors (Lipinski definition) is 4. The Morgan fingerprint density at radius 1 is 1.08 bits per heavy atom. The van der Waals surface area contributed by atoms with Crippen molar-refractivity contribution in [3.05, 3.63) is 59.9 Å². The predicted molar refractivity (Wildman–Crippen MR) is 90.9 cm³/mol. The van der Waals surface area contributed by atoms with Gasteiger partial charge < -0.3 is 15.4 Å². The minimum Gasteiger partial charge on any atom is -0.497 e. The molecule has 1 heterocycles. The Balaban J connectivity index is 1.61. The fraction of sp³-hybridized carbons (Fsp3) is 0.278. The van der Waals surface area contributed by atoms with E-state index in [1.165, 1.54) is 6.20 Å². The van der Waals surface area contributed by atoms with Gasteiger partial charge in [-0.15, -0.1) is 0 Å². The molecule has 6 nitrogen and oxygen atoms in total. The summed E-state index contributed by atoms with van der Waals surface area (Å²) in [4.78, 5) is 27.5. The molecule has 24 heavy (non-hydrogen) atoms. The van der Waals surface area contributed by atoms with Gasteiger partial charge in [-0.3, -0.25) is 14.6 Å². The number of methoxy groups -OCH3 is 1. The second-order valence-electron chi connectivity index (χ2n) is 5.23. The van der Waals surface area contributed by atoms with Crippen LogP contribution in [0.3, 0.4) is 0 Å². The van der Waals surface area contributed by atoms with Crippen LogP contribution in [0.15, 0.2) is 48.8 Å². The molecule has 1 aromatic heterocycles. The molecule has 0 spiro atoms. The molecule has 0 saturated heterocycles. The fourth-order valence-corrected chi connectivity index (χ4v) is 2.11. The van der Waals surface area contributed by atoms with Gasteiger partial charge >= 0.3 is 0 Å². The van der Waals surface area contributed by atoms with Gasteiger partial charge in [0.2, 0.25) is 5.91 Å². The molecule has 0 aliphatic rings. The number of carbonyl (C=O) groups excluding carboxylic acids is 2. The molecule has 126 valence electrons. The van der Waals surface area contributed by atoms with E-state index in [9.17, 15) is 9.59 Å². The van der Waals surface area contributed by atoms with Gasteiger partial charge in [0.15, 0.2) is 0 Å². The van der Waals surface area contributed by atoms with Crippen molar-refractivity contribution in [2.75, 3.05) is 20.2 Å². The van der Waals surface area contributed by atoms with Crippen LogP contribution in [-0.4, -0.2) is 37.0 Å². The van der Waals surface area contributed by atoms with Crippen molar-refractivity contribution in [2.24, 2.45) is 0 Å². The number of nitrogens with one attached hydrogen (secondary N) is 2. The number of ether oxygens (including phenoxy) is 1. The number of nitrogens with zero attached hydrogens (tertiary/aromatic N) is 1. The number of benzene rings is 1. The minimum absolute atomic E-state index is 0.0428. The highest BCUT2D eigenvalue weighted by Gasteiger charge is 2.05. The zero-order chi connectivity index (χ0) is 17.2. The molecule has 0 unspecified atom stereocenters. The summed E-state index contributed by atoms with van der Waals surface area (Å²) in [6, 6.07) is 10.8. The lowest BCUT2D eigenvalue weighted by Gasteiger charge is -2.07. The highest BCUT2D eigenvalue weighted by Crippen LogP contribution is 2.11. The van der Waals surface area contributed by atoms with E-state index in [1.807, 2.05) is 24.3 Å². The Morgan fingerprint density at radius 3 is 2.50 bits per heavy atom. The number of amides is 2. The zero-order valence-electron chi connectivity index (χ0n) is 13.6. The summed E-state index contributed by atoms with van der Waals surface area (Å²) in [5.41, 5.74) is 1.46. The van der Waals surface area contributed by atoms with Crippen molar-refractivity contribution in [2.45, 2.75) is 12.8 Å². The van der Waals surface area contributed by atoms with Gasteiger partial charge in [-0.05, 0) is 36.2 Å². The SMILES string of the molecule is COc1ccc(CC(=O)NCCCNC(=O)c2cccnc2)cc1. The third-order valence-electron chi connectivity index (χ3n) is 3.41. The van der Waals surface area contributed by atoms with Gasteiger partial charge in [-0.25, -0.2) is 0 Å². The maximum Gasteiger partial charge on any atom is 0.252 e. The van der Waals surface area contributed by atoms with Gasteiger partial charge in [0.05, 0.1) is 19.1 Å². The molecule has 6 heteroatoms. The summed E-state index contributed by atoms with van der Waals surface area (Å²) in [6.45, 7) is 1.01. The number of aromatic nitrogens is 1. The van der Waals surface area contributed by atoms with E-state index in [0.29, 0.717) is 31.5 Å². The van der Waals surface area contributed by atoms with Crippen LogP contribution in [0.25, 0.3) is 0 Å². The first kappa shape index (κ1) is 17.5. The largest absolute Gasteiger partial charge is 0.497 e. The van der Waals surface area contributed by atoms with Crippen LogP contribution in [0.2, 0.25) is 0 Å². The Labute approximate surface area is 141 Å². The summed E-state index contributed by atoms with van der Waals surface area (Å²) < 4.78 is 5.08. The molecule has 0 bridgehead atoms. The van der Waals surface area contributed by atoms with Crippen molar-refractivity contribution in [3.8, 4) is 5.75 Å². The van der Waals surface area contributed by atoms with Gasteiger partial charge in [-0.1, -0.05) is 12.1 Å². The average molecular weight is 327 g/mol. The van der Waals surface area contributed by atoms with Crippen LogP contribution in [0.5, 0.6) is 5.75 Å². The predicted octanol–water partition coefficient (Wildman–Crippen LogP) is 1.57. The molecule has 0 aliphatic heterocycles. The van der Waals surface area contributed by atoms with Crippen molar-refractivity contribution < 1.29 is 14.3 Å². The van der Waals surface area contributed by atoms with E-state index < -0.39 is 0 Å². The van der Waals surface area contributed by atoms with E-state index in [0.717, 1.165) is 11.3 Å². The third-order valence-corrected chi connectivity index (χ3v) is 3.41. The molecule has 0 fully saturated rings. The second-order valence-corrected chi connectivity index (χ2v) is 5.23. The van der Waals surface area contributed by atoms with Crippen molar-refractivity contribution in [1.29, 1.82) is 0 Å². The molecule has 2 N–H and O–H groups in total. The van der Waals surface area contributed by atoms with E-state index in [4.69, 9.17) is 4.74 Å². The quantitative estimate of drug-likeness (QED) is 0.721. The molecule has 2 aromatic rings. The molecule has 0 atom stereocenters. The normalized spacial score (nSPS) is 10.0. The third kappa shape index (κ3) is 5.72. The van der Waals surface area contributed by atoms with Crippen LogP contribution in [-0.2, 0) is 11.2 Å². The van der Waals surface area contributed by atoms with Crippen LogP contribution >= 0.6 is 0 Å².